The Labute approximate surface area is 165 Å². The molecule has 0 spiro atoms. The van der Waals surface area contributed by atoms with Gasteiger partial charge in [-0.05, 0) is 81.5 Å². The summed E-state index contributed by atoms with van der Waals surface area (Å²) in [4.78, 5) is 5.12. The predicted molar refractivity (Wildman–Crippen MR) is 111 cm³/mol. The van der Waals surface area contributed by atoms with Gasteiger partial charge in [-0.2, -0.15) is 0 Å². The van der Waals surface area contributed by atoms with Crippen LogP contribution >= 0.6 is 24.8 Å². The molecule has 25 heavy (non-hydrogen) atoms. The molecule has 0 radical (unpaired) electrons. The molecule has 144 valence electrons. The van der Waals surface area contributed by atoms with Crippen LogP contribution in [0.4, 0.5) is 0 Å². The largest absolute Gasteiger partial charge is 0.494 e. The number of piperidine rings is 1. The van der Waals surface area contributed by atoms with E-state index in [1.54, 1.807) is 0 Å². The number of hydrogen-bond donors (Lipinski definition) is 0. The highest BCUT2D eigenvalue weighted by atomic mass is 35.5. The lowest BCUT2D eigenvalue weighted by Crippen LogP contribution is -2.30. The van der Waals surface area contributed by atoms with Gasteiger partial charge in [-0.1, -0.05) is 19.4 Å². The van der Waals surface area contributed by atoms with Crippen molar-refractivity contribution >= 4 is 24.8 Å². The fourth-order valence-corrected chi connectivity index (χ4v) is 3.76. The molecule has 0 amide bonds. The van der Waals surface area contributed by atoms with Gasteiger partial charge in [0.2, 0.25) is 0 Å². The topological polar surface area (TPSA) is 15.7 Å². The first-order valence-electron chi connectivity index (χ1n) is 9.54. The van der Waals surface area contributed by atoms with Crippen LogP contribution in [0.15, 0.2) is 18.2 Å². The van der Waals surface area contributed by atoms with Crippen molar-refractivity contribution in [3.8, 4) is 5.75 Å². The van der Waals surface area contributed by atoms with Crippen LogP contribution in [0.25, 0.3) is 0 Å². The van der Waals surface area contributed by atoms with Crippen molar-refractivity contribution in [2.75, 3.05) is 39.3 Å². The van der Waals surface area contributed by atoms with Crippen LogP contribution < -0.4 is 4.74 Å². The van der Waals surface area contributed by atoms with Gasteiger partial charge in [-0.3, -0.25) is 4.90 Å². The van der Waals surface area contributed by atoms with Gasteiger partial charge in [0.25, 0.3) is 0 Å². The monoisotopic (exact) mass is 388 g/mol. The van der Waals surface area contributed by atoms with E-state index in [-0.39, 0.29) is 24.8 Å². The molecule has 0 aromatic heterocycles. The van der Waals surface area contributed by atoms with Gasteiger partial charge in [0.1, 0.15) is 5.75 Å². The molecular formula is C20H34Cl2N2O. The van der Waals surface area contributed by atoms with E-state index < -0.39 is 0 Å². The number of likely N-dealkylation sites (tertiary alicyclic amines) is 1. The van der Waals surface area contributed by atoms with Gasteiger partial charge >= 0.3 is 0 Å². The van der Waals surface area contributed by atoms with Crippen molar-refractivity contribution in [1.82, 2.24) is 9.80 Å². The molecule has 0 aliphatic carbocycles. The van der Waals surface area contributed by atoms with Crippen molar-refractivity contribution in [2.24, 2.45) is 0 Å². The Balaban J connectivity index is 0.00000156. The Kier molecular flexibility index (Phi) is 10.8. The van der Waals surface area contributed by atoms with Crippen molar-refractivity contribution in [3.05, 3.63) is 29.3 Å². The molecule has 1 aromatic carbocycles. The minimum Gasteiger partial charge on any atom is -0.494 e. The molecule has 1 fully saturated rings. The number of fused-ring (bicyclic) bond motifs is 1. The standard InChI is InChI=1S/C20H32N2O.2ClH/c1-2-21-14-10-18-8-9-20(16-19(18)17-21)23-15-7-6-13-22-11-4-3-5-12-22;;/h8-9,16H,2-7,10-15,17H2,1H3;2*1H. The molecule has 3 rings (SSSR count). The second-order valence-electron chi connectivity index (χ2n) is 7.01. The zero-order chi connectivity index (χ0) is 15.9. The zero-order valence-corrected chi connectivity index (χ0v) is 17.2. The van der Waals surface area contributed by atoms with E-state index in [0.29, 0.717) is 0 Å². The van der Waals surface area contributed by atoms with Crippen molar-refractivity contribution in [3.63, 3.8) is 0 Å². The normalized spacial score (nSPS) is 18.0. The number of halogens is 2. The third kappa shape index (κ3) is 6.97. The molecule has 1 aromatic rings. The van der Waals surface area contributed by atoms with E-state index in [0.717, 1.165) is 31.9 Å². The van der Waals surface area contributed by atoms with Crippen LogP contribution in [0, 0.1) is 0 Å². The van der Waals surface area contributed by atoms with Gasteiger partial charge < -0.3 is 9.64 Å². The summed E-state index contributed by atoms with van der Waals surface area (Å²) < 4.78 is 5.99. The summed E-state index contributed by atoms with van der Waals surface area (Å²) in [5.74, 6) is 1.06. The quantitative estimate of drug-likeness (QED) is 0.636. The van der Waals surface area contributed by atoms with E-state index >= 15 is 0 Å². The minimum atomic E-state index is 0. The van der Waals surface area contributed by atoms with Crippen LogP contribution in [0.1, 0.15) is 50.2 Å². The molecule has 0 N–H and O–H groups in total. The van der Waals surface area contributed by atoms with Crippen LogP contribution in [-0.2, 0) is 13.0 Å². The number of nitrogens with zero attached hydrogens (tertiary/aromatic N) is 2. The highest BCUT2D eigenvalue weighted by Gasteiger charge is 2.15. The summed E-state index contributed by atoms with van der Waals surface area (Å²) in [6.45, 7) is 10.4. The third-order valence-electron chi connectivity index (χ3n) is 5.30. The van der Waals surface area contributed by atoms with Crippen LogP contribution in [-0.4, -0.2) is 49.1 Å². The molecule has 0 bridgehead atoms. The fourth-order valence-electron chi connectivity index (χ4n) is 3.76. The van der Waals surface area contributed by atoms with Crippen LogP contribution in [0.2, 0.25) is 0 Å². The predicted octanol–water partition coefficient (Wildman–Crippen LogP) is 4.55. The molecule has 0 atom stereocenters. The number of benzene rings is 1. The minimum absolute atomic E-state index is 0. The Morgan fingerprint density at radius 2 is 1.72 bits per heavy atom. The van der Waals surface area contributed by atoms with E-state index in [4.69, 9.17) is 4.74 Å². The van der Waals surface area contributed by atoms with Gasteiger partial charge in [0, 0.05) is 13.1 Å². The van der Waals surface area contributed by atoms with Gasteiger partial charge in [0.15, 0.2) is 0 Å². The maximum Gasteiger partial charge on any atom is 0.119 e. The summed E-state index contributed by atoms with van der Waals surface area (Å²) in [5.41, 5.74) is 2.97. The number of likely N-dealkylation sites (N-methyl/N-ethyl adjacent to an activating group) is 1. The molecule has 0 saturated carbocycles. The average molecular weight is 389 g/mol. The van der Waals surface area contributed by atoms with Crippen LogP contribution in [0.5, 0.6) is 5.75 Å². The summed E-state index contributed by atoms with van der Waals surface area (Å²) in [7, 11) is 0. The average Bonchev–Trinajstić information content (AvgIpc) is 2.61. The van der Waals surface area contributed by atoms with Gasteiger partial charge in [-0.15, -0.1) is 24.8 Å². The summed E-state index contributed by atoms with van der Waals surface area (Å²) >= 11 is 0. The van der Waals surface area contributed by atoms with E-state index in [1.807, 2.05) is 0 Å². The van der Waals surface area contributed by atoms with E-state index in [9.17, 15) is 0 Å². The Hall–Kier alpha value is -0.480. The van der Waals surface area contributed by atoms with E-state index in [2.05, 4.69) is 34.9 Å². The van der Waals surface area contributed by atoms with E-state index in [1.165, 1.54) is 69.4 Å². The van der Waals surface area contributed by atoms with Gasteiger partial charge in [-0.25, -0.2) is 0 Å². The Morgan fingerprint density at radius 3 is 2.48 bits per heavy atom. The maximum absolute atomic E-state index is 5.99. The lowest BCUT2D eigenvalue weighted by atomic mass is 9.99. The van der Waals surface area contributed by atoms with Gasteiger partial charge in [0.05, 0.1) is 6.61 Å². The third-order valence-corrected chi connectivity index (χ3v) is 5.30. The molecule has 5 heteroatoms. The Bertz CT molecular complexity index is 493. The second kappa shape index (κ2) is 12.0. The van der Waals surface area contributed by atoms with Crippen molar-refractivity contribution in [2.45, 2.75) is 52.0 Å². The highest BCUT2D eigenvalue weighted by molar-refractivity contribution is 5.85. The first-order chi connectivity index (χ1) is 11.3. The first-order valence-corrected chi connectivity index (χ1v) is 9.54. The molecule has 2 heterocycles. The van der Waals surface area contributed by atoms with Crippen LogP contribution in [0.3, 0.4) is 0 Å². The number of ether oxygens (including phenoxy) is 1. The molecule has 0 unspecified atom stereocenters. The number of unbranched alkanes of at least 4 members (excludes halogenated alkanes) is 1. The highest BCUT2D eigenvalue weighted by Crippen LogP contribution is 2.24. The maximum atomic E-state index is 5.99. The first kappa shape index (κ1) is 22.6. The molecule has 1 saturated heterocycles. The lowest BCUT2D eigenvalue weighted by Gasteiger charge is -2.28. The summed E-state index contributed by atoms with van der Waals surface area (Å²) in [6, 6.07) is 6.69. The SMILES string of the molecule is CCN1CCc2ccc(OCCCCN3CCCCC3)cc2C1.Cl.Cl. The summed E-state index contributed by atoms with van der Waals surface area (Å²) in [6.07, 6.45) is 7.80. The van der Waals surface area contributed by atoms with Crippen molar-refractivity contribution < 1.29 is 4.74 Å². The summed E-state index contributed by atoms with van der Waals surface area (Å²) in [5, 5.41) is 0. The molecule has 2 aliphatic rings. The smallest absolute Gasteiger partial charge is 0.119 e. The molecule has 2 aliphatic heterocycles. The number of hydrogen-bond acceptors (Lipinski definition) is 3. The second-order valence-corrected chi connectivity index (χ2v) is 7.01. The number of rotatable bonds is 7. The van der Waals surface area contributed by atoms with Crippen molar-refractivity contribution in [1.29, 1.82) is 0 Å². The molecule has 3 nitrogen and oxygen atoms in total. The zero-order valence-electron chi connectivity index (χ0n) is 15.5. The fraction of sp³-hybridized carbons (Fsp3) is 0.700. The lowest BCUT2D eigenvalue weighted by molar-refractivity contribution is 0.216. The molecular weight excluding hydrogens is 355 g/mol. The Morgan fingerprint density at radius 1 is 0.920 bits per heavy atom.